The van der Waals surface area contributed by atoms with E-state index in [1.807, 2.05) is 0 Å². The van der Waals surface area contributed by atoms with Gasteiger partial charge in [-0.25, -0.2) is 0 Å². The Bertz CT molecular complexity index is 567. The van der Waals surface area contributed by atoms with E-state index in [0.717, 1.165) is 24.7 Å². The molecule has 3 atom stereocenters. The molecule has 3 unspecified atom stereocenters. The van der Waals surface area contributed by atoms with Crippen LogP contribution >= 0.6 is 12.6 Å². The fraction of sp³-hybridized carbons (Fsp3) is 0.500. The lowest BCUT2D eigenvalue weighted by atomic mass is 9.66. The van der Waals surface area contributed by atoms with Crippen LogP contribution in [0.5, 0.6) is 0 Å². The lowest BCUT2D eigenvalue weighted by Gasteiger charge is -2.39. The van der Waals surface area contributed by atoms with Crippen LogP contribution in [0.3, 0.4) is 0 Å². The Kier molecular flexibility index (Phi) is 4.31. The molecule has 0 nitrogen and oxygen atoms in total. The Hall–Kier alpha value is -0.950. The normalized spacial score (nSPS) is 29.2. The molecular weight excluding hydrogens is 272 g/mol. The van der Waals surface area contributed by atoms with Crippen molar-refractivity contribution >= 4 is 18.2 Å². The predicted molar refractivity (Wildman–Crippen MR) is 95.7 cm³/mol. The SMILES string of the molecule is C=C1CCC(C(C)C)C(C2=CC(S)Cc3ccccc32)C1. The standard InChI is InChI=1S/C20H26S/c1-13(2)17-9-8-14(3)10-19(17)20-12-16(21)11-15-6-4-5-7-18(15)20/h4-7,12-13,16-17,19,21H,3,8-11H2,1-2H3. The molecule has 1 aromatic rings. The third kappa shape index (κ3) is 2.99. The van der Waals surface area contributed by atoms with Crippen molar-refractivity contribution in [2.75, 3.05) is 0 Å². The first-order chi connectivity index (χ1) is 10.1. The van der Waals surface area contributed by atoms with Gasteiger partial charge in [0.1, 0.15) is 0 Å². The summed E-state index contributed by atoms with van der Waals surface area (Å²) in [6.07, 6.45) is 7.13. The highest BCUT2D eigenvalue weighted by Gasteiger charge is 2.34. The first-order valence-corrected chi connectivity index (χ1v) is 8.72. The Morgan fingerprint density at radius 1 is 1.19 bits per heavy atom. The van der Waals surface area contributed by atoms with E-state index in [1.54, 1.807) is 0 Å². The first kappa shape index (κ1) is 15.0. The fourth-order valence-electron chi connectivity index (χ4n) is 4.16. The Labute approximate surface area is 134 Å². The molecule has 0 aliphatic heterocycles. The maximum absolute atomic E-state index is 4.77. The molecule has 0 radical (unpaired) electrons. The smallest absolute Gasteiger partial charge is 0.0243 e. The molecule has 0 aromatic heterocycles. The minimum atomic E-state index is 0.359. The highest BCUT2D eigenvalue weighted by molar-refractivity contribution is 7.81. The monoisotopic (exact) mass is 298 g/mol. The first-order valence-electron chi connectivity index (χ1n) is 8.21. The van der Waals surface area contributed by atoms with E-state index in [2.05, 4.69) is 50.8 Å². The zero-order valence-corrected chi connectivity index (χ0v) is 14.1. The van der Waals surface area contributed by atoms with E-state index < -0.39 is 0 Å². The summed E-state index contributed by atoms with van der Waals surface area (Å²) in [5.74, 6) is 2.13. The summed E-state index contributed by atoms with van der Waals surface area (Å²) in [6.45, 7) is 9.03. The van der Waals surface area contributed by atoms with Gasteiger partial charge in [0, 0.05) is 5.25 Å². The molecule has 0 spiro atoms. The van der Waals surface area contributed by atoms with Crippen LogP contribution in [0.2, 0.25) is 0 Å². The van der Waals surface area contributed by atoms with Crippen molar-refractivity contribution in [1.29, 1.82) is 0 Å². The second-order valence-corrected chi connectivity index (χ2v) is 7.72. The molecule has 2 aliphatic rings. The van der Waals surface area contributed by atoms with Gasteiger partial charge < -0.3 is 0 Å². The summed E-state index contributed by atoms with van der Waals surface area (Å²) >= 11 is 4.77. The van der Waals surface area contributed by atoms with Crippen LogP contribution in [0, 0.1) is 17.8 Å². The molecule has 0 heterocycles. The quantitative estimate of drug-likeness (QED) is 0.537. The lowest BCUT2D eigenvalue weighted by molar-refractivity contribution is 0.256. The van der Waals surface area contributed by atoms with Crippen LogP contribution in [-0.4, -0.2) is 5.25 Å². The third-order valence-corrected chi connectivity index (χ3v) is 5.57. The fourth-order valence-corrected chi connectivity index (χ4v) is 4.52. The molecular formula is C20H26S. The van der Waals surface area contributed by atoms with Crippen LogP contribution in [0.4, 0.5) is 0 Å². The van der Waals surface area contributed by atoms with E-state index in [1.165, 1.54) is 35.1 Å². The minimum absolute atomic E-state index is 0.359. The molecule has 21 heavy (non-hydrogen) atoms. The summed E-state index contributed by atoms with van der Waals surface area (Å²) in [5.41, 5.74) is 5.90. The second kappa shape index (κ2) is 6.04. The van der Waals surface area contributed by atoms with Gasteiger partial charge >= 0.3 is 0 Å². The molecule has 1 aromatic carbocycles. The highest BCUT2D eigenvalue weighted by Crippen LogP contribution is 2.46. The number of benzene rings is 1. The average Bonchev–Trinajstić information content (AvgIpc) is 2.45. The van der Waals surface area contributed by atoms with Gasteiger partial charge in [-0.2, -0.15) is 12.6 Å². The number of hydrogen-bond acceptors (Lipinski definition) is 1. The Balaban J connectivity index is 2.01. The van der Waals surface area contributed by atoms with Crippen molar-refractivity contribution in [1.82, 2.24) is 0 Å². The molecule has 0 N–H and O–H groups in total. The molecule has 0 amide bonds. The largest absolute Gasteiger partial charge is 0.171 e. The van der Waals surface area contributed by atoms with Crippen molar-refractivity contribution in [2.24, 2.45) is 17.8 Å². The summed E-state index contributed by atoms with van der Waals surface area (Å²) in [6, 6.07) is 8.90. The van der Waals surface area contributed by atoms with Gasteiger partial charge in [0.25, 0.3) is 0 Å². The number of fused-ring (bicyclic) bond motifs is 1. The van der Waals surface area contributed by atoms with Crippen LogP contribution in [-0.2, 0) is 6.42 Å². The summed E-state index contributed by atoms with van der Waals surface area (Å²) < 4.78 is 0. The van der Waals surface area contributed by atoms with Gasteiger partial charge in [0.05, 0.1) is 0 Å². The minimum Gasteiger partial charge on any atom is -0.171 e. The lowest BCUT2D eigenvalue weighted by Crippen LogP contribution is -2.28. The summed E-state index contributed by atoms with van der Waals surface area (Å²) in [7, 11) is 0. The molecule has 0 saturated heterocycles. The topological polar surface area (TPSA) is 0 Å². The van der Waals surface area contributed by atoms with Crippen molar-refractivity contribution in [3.63, 3.8) is 0 Å². The molecule has 2 aliphatic carbocycles. The Morgan fingerprint density at radius 2 is 1.95 bits per heavy atom. The zero-order valence-electron chi connectivity index (χ0n) is 13.2. The summed E-state index contributed by atoms with van der Waals surface area (Å²) in [4.78, 5) is 0. The maximum Gasteiger partial charge on any atom is 0.0243 e. The van der Waals surface area contributed by atoms with E-state index in [0.29, 0.717) is 11.2 Å². The number of hydrogen-bond donors (Lipinski definition) is 1. The van der Waals surface area contributed by atoms with Crippen LogP contribution < -0.4 is 0 Å². The van der Waals surface area contributed by atoms with Crippen LogP contribution in [0.15, 0.2) is 42.5 Å². The molecule has 1 heteroatoms. The van der Waals surface area contributed by atoms with Gasteiger partial charge in [-0.15, -0.1) is 0 Å². The summed E-state index contributed by atoms with van der Waals surface area (Å²) in [5, 5.41) is 0.359. The van der Waals surface area contributed by atoms with Crippen molar-refractivity contribution in [3.05, 3.63) is 53.6 Å². The molecule has 112 valence electrons. The predicted octanol–water partition coefficient (Wildman–Crippen LogP) is 5.55. The van der Waals surface area contributed by atoms with E-state index in [4.69, 9.17) is 12.6 Å². The van der Waals surface area contributed by atoms with Gasteiger partial charge in [-0.3, -0.25) is 0 Å². The number of thiol groups is 1. The molecule has 1 saturated carbocycles. The Morgan fingerprint density at radius 3 is 2.71 bits per heavy atom. The highest BCUT2D eigenvalue weighted by atomic mass is 32.1. The van der Waals surface area contributed by atoms with E-state index in [9.17, 15) is 0 Å². The van der Waals surface area contributed by atoms with E-state index in [-0.39, 0.29) is 0 Å². The molecule has 3 rings (SSSR count). The van der Waals surface area contributed by atoms with Gasteiger partial charge in [0.15, 0.2) is 0 Å². The average molecular weight is 298 g/mol. The molecule has 0 bridgehead atoms. The van der Waals surface area contributed by atoms with Gasteiger partial charge in [0.2, 0.25) is 0 Å². The van der Waals surface area contributed by atoms with E-state index >= 15 is 0 Å². The van der Waals surface area contributed by atoms with Gasteiger partial charge in [-0.05, 0) is 60.1 Å². The zero-order chi connectivity index (χ0) is 15.0. The second-order valence-electron chi connectivity index (χ2n) is 7.06. The van der Waals surface area contributed by atoms with Crippen LogP contribution in [0.1, 0.15) is 44.2 Å². The number of rotatable bonds is 2. The third-order valence-electron chi connectivity index (χ3n) is 5.24. The van der Waals surface area contributed by atoms with Crippen LogP contribution in [0.25, 0.3) is 5.57 Å². The van der Waals surface area contributed by atoms with Crippen molar-refractivity contribution in [2.45, 2.75) is 44.8 Å². The van der Waals surface area contributed by atoms with Crippen molar-refractivity contribution in [3.8, 4) is 0 Å². The van der Waals surface area contributed by atoms with Gasteiger partial charge in [-0.1, -0.05) is 56.3 Å². The maximum atomic E-state index is 4.77. The molecule has 1 fully saturated rings. The number of allylic oxidation sites excluding steroid dienone is 2. The van der Waals surface area contributed by atoms with Crippen molar-refractivity contribution < 1.29 is 0 Å².